The van der Waals surface area contributed by atoms with Crippen LogP contribution in [0.4, 0.5) is 0 Å². The Morgan fingerprint density at radius 1 is 1.23 bits per heavy atom. The summed E-state index contributed by atoms with van der Waals surface area (Å²) in [6, 6.07) is 9.71. The molecule has 1 N–H and O–H groups in total. The number of rotatable bonds is 8. The van der Waals surface area contributed by atoms with Crippen molar-refractivity contribution >= 4 is 5.91 Å². The first-order valence-corrected chi connectivity index (χ1v) is 8.27. The summed E-state index contributed by atoms with van der Waals surface area (Å²) in [5.74, 6) is 0.974. The van der Waals surface area contributed by atoms with Crippen molar-refractivity contribution in [2.75, 3.05) is 26.2 Å². The van der Waals surface area contributed by atoms with Crippen LogP contribution < -0.4 is 10.1 Å². The maximum Gasteiger partial charge on any atom is 0.220 e. The number of carbonyl (C=O) groups is 1. The molecule has 0 radical (unpaired) electrons. The second kappa shape index (κ2) is 8.18. The Morgan fingerprint density at radius 2 is 1.91 bits per heavy atom. The molecule has 22 heavy (non-hydrogen) atoms. The Morgan fingerprint density at radius 3 is 2.59 bits per heavy atom. The van der Waals surface area contributed by atoms with Crippen LogP contribution in [0.5, 0.6) is 5.75 Å². The minimum atomic E-state index is 0.0483. The number of carbonyl (C=O) groups excluding carboxylic acids is 1. The number of amides is 1. The van der Waals surface area contributed by atoms with Crippen molar-refractivity contribution in [3.05, 3.63) is 30.3 Å². The number of ether oxygens (including phenoxy) is 1. The Labute approximate surface area is 133 Å². The summed E-state index contributed by atoms with van der Waals surface area (Å²) >= 11 is 0. The molecule has 0 atom stereocenters. The van der Waals surface area contributed by atoms with E-state index in [0.29, 0.717) is 19.6 Å². The Hall–Kier alpha value is -1.55. The van der Waals surface area contributed by atoms with E-state index >= 15 is 0 Å². The van der Waals surface area contributed by atoms with Gasteiger partial charge in [-0.2, -0.15) is 0 Å². The molecule has 1 fully saturated rings. The molecular weight excluding hydrogens is 276 g/mol. The lowest BCUT2D eigenvalue weighted by Crippen LogP contribution is -2.50. The minimum absolute atomic E-state index is 0.0483. The molecule has 1 aromatic rings. The highest BCUT2D eigenvalue weighted by atomic mass is 16.5. The maximum absolute atomic E-state index is 11.9. The van der Waals surface area contributed by atoms with Crippen molar-refractivity contribution in [2.45, 2.75) is 45.1 Å². The molecule has 122 valence electrons. The first-order chi connectivity index (χ1) is 10.6. The molecule has 0 saturated carbocycles. The quantitative estimate of drug-likeness (QED) is 0.751. The van der Waals surface area contributed by atoms with Crippen LogP contribution in [-0.4, -0.2) is 42.6 Å². The highest BCUT2D eigenvalue weighted by Gasteiger charge is 2.29. The molecular formula is C18H28N2O2. The van der Waals surface area contributed by atoms with Crippen LogP contribution in [0.15, 0.2) is 30.3 Å². The Balaban J connectivity index is 1.59. The van der Waals surface area contributed by atoms with Crippen LogP contribution in [0.1, 0.15) is 39.5 Å². The molecule has 0 aliphatic carbocycles. The zero-order chi connectivity index (χ0) is 15.8. The summed E-state index contributed by atoms with van der Waals surface area (Å²) in [7, 11) is 0. The standard InChI is InChI=1S/C18H28N2O2/c1-18(2,20-12-6-7-13-20)15-19-17(21)11-8-14-22-16-9-4-3-5-10-16/h3-5,9-10H,6-8,11-15H2,1-2H3,(H,19,21). The number of hydrogen-bond acceptors (Lipinski definition) is 3. The second-order valence-corrected chi connectivity index (χ2v) is 6.55. The van der Waals surface area contributed by atoms with E-state index in [4.69, 9.17) is 4.74 Å². The van der Waals surface area contributed by atoms with E-state index < -0.39 is 0 Å². The molecule has 1 aromatic carbocycles. The largest absolute Gasteiger partial charge is 0.494 e. The van der Waals surface area contributed by atoms with E-state index in [1.54, 1.807) is 0 Å². The third kappa shape index (κ3) is 5.34. The van der Waals surface area contributed by atoms with Crippen molar-refractivity contribution in [2.24, 2.45) is 0 Å². The smallest absolute Gasteiger partial charge is 0.220 e. The number of benzene rings is 1. The molecule has 1 heterocycles. The van der Waals surface area contributed by atoms with Gasteiger partial charge in [0.15, 0.2) is 0 Å². The number of para-hydroxylation sites is 1. The number of nitrogens with one attached hydrogen (secondary N) is 1. The van der Waals surface area contributed by atoms with Crippen LogP contribution >= 0.6 is 0 Å². The molecule has 0 bridgehead atoms. The molecule has 1 amide bonds. The van der Waals surface area contributed by atoms with Crippen LogP contribution in [0.25, 0.3) is 0 Å². The summed E-state index contributed by atoms with van der Waals surface area (Å²) in [5.41, 5.74) is 0.0483. The average Bonchev–Trinajstić information content (AvgIpc) is 3.06. The molecule has 1 aliphatic heterocycles. The summed E-state index contributed by atoms with van der Waals surface area (Å²) in [5, 5.41) is 3.06. The lowest BCUT2D eigenvalue weighted by atomic mass is 10.0. The van der Waals surface area contributed by atoms with E-state index in [0.717, 1.165) is 25.3 Å². The third-order valence-corrected chi connectivity index (χ3v) is 4.24. The van der Waals surface area contributed by atoms with Gasteiger partial charge in [0.05, 0.1) is 6.61 Å². The number of hydrogen-bond donors (Lipinski definition) is 1. The van der Waals surface area contributed by atoms with Gasteiger partial charge < -0.3 is 10.1 Å². The zero-order valence-electron chi connectivity index (χ0n) is 13.8. The molecule has 0 aromatic heterocycles. The molecule has 1 saturated heterocycles. The molecule has 2 rings (SSSR count). The van der Waals surface area contributed by atoms with E-state index in [1.807, 2.05) is 30.3 Å². The van der Waals surface area contributed by atoms with Crippen LogP contribution in [0, 0.1) is 0 Å². The summed E-state index contributed by atoms with van der Waals surface area (Å²) in [6.07, 6.45) is 3.80. The van der Waals surface area contributed by atoms with Gasteiger partial charge in [-0.05, 0) is 58.3 Å². The minimum Gasteiger partial charge on any atom is -0.494 e. The first kappa shape index (κ1) is 16.8. The predicted molar refractivity (Wildman–Crippen MR) is 89.1 cm³/mol. The third-order valence-electron chi connectivity index (χ3n) is 4.24. The van der Waals surface area contributed by atoms with Crippen LogP contribution in [-0.2, 0) is 4.79 Å². The van der Waals surface area contributed by atoms with Gasteiger partial charge in [0.1, 0.15) is 5.75 Å². The van der Waals surface area contributed by atoms with Crippen molar-refractivity contribution < 1.29 is 9.53 Å². The van der Waals surface area contributed by atoms with Gasteiger partial charge in [0.2, 0.25) is 5.91 Å². The fourth-order valence-corrected chi connectivity index (χ4v) is 2.78. The Bertz CT molecular complexity index is 453. The molecule has 4 nitrogen and oxygen atoms in total. The highest BCUT2D eigenvalue weighted by Crippen LogP contribution is 2.20. The van der Waals surface area contributed by atoms with E-state index in [2.05, 4.69) is 24.1 Å². The lowest BCUT2D eigenvalue weighted by Gasteiger charge is -2.35. The van der Waals surface area contributed by atoms with Gasteiger partial charge in [-0.25, -0.2) is 0 Å². The van der Waals surface area contributed by atoms with Crippen LogP contribution in [0.3, 0.4) is 0 Å². The summed E-state index contributed by atoms with van der Waals surface area (Å²) in [4.78, 5) is 14.4. The zero-order valence-corrected chi connectivity index (χ0v) is 13.8. The predicted octanol–water partition coefficient (Wildman–Crippen LogP) is 2.84. The Kier molecular flexibility index (Phi) is 6.25. The lowest BCUT2D eigenvalue weighted by molar-refractivity contribution is -0.121. The first-order valence-electron chi connectivity index (χ1n) is 8.27. The fourth-order valence-electron chi connectivity index (χ4n) is 2.78. The summed E-state index contributed by atoms with van der Waals surface area (Å²) in [6.45, 7) is 7.99. The van der Waals surface area contributed by atoms with Gasteiger partial charge in [0, 0.05) is 18.5 Å². The normalized spacial score (nSPS) is 15.7. The molecule has 0 spiro atoms. The topological polar surface area (TPSA) is 41.6 Å². The average molecular weight is 304 g/mol. The van der Waals surface area contributed by atoms with Gasteiger partial charge in [-0.3, -0.25) is 9.69 Å². The van der Waals surface area contributed by atoms with Crippen LogP contribution in [0.2, 0.25) is 0 Å². The second-order valence-electron chi connectivity index (χ2n) is 6.55. The van der Waals surface area contributed by atoms with E-state index in [-0.39, 0.29) is 11.4 Å². The molecule has 1 aliphatic rings. The fraction of sp³-hybridized carbons (Fsp3) is 0.611. The van der Waals surface area contributed by atoms with Gasteiger partial charge in [-0.1, -0.05) is 18.2 Å². The number of nitrogens with zero attached hydrogens (tertiary/aromatic N) is 1. The van der Waals surface area contributed by atoms with E-state index in [9.17, 15) is 4.79 Å². The monoisotopic (exact) mass is 304 g/mol. The van der Waals surface area contributed by atoms with Crippen molar-refractivity contribution in [3.8, 4) is 5.75 Å². The van der Waals surface area contributed by atoms with Gasteiger partial charge >= 0.3 is 0 Å². The summed E-state index contributed by atoms with van der Waals surface area (Å²) < 4.78 is 5.59. The highest BCUT2D eigenvalue weighted by molar-refractivity contribution is 5.75. The van der Waals surface area contributed by atoms with Crippen molar-refractivity contribution in [3.63, 3.8) is 0 Å². The van der Waals surface area contributed by atoms with E-state index in [1.165, 1.54) is 12.8 Å². The SMILES string of the molecule is CC(C)(CNC(=O)CCCOc1ccccc1)N1CCCC1. The number of likely N-dealkylation sites (tertiary alicyclic amines) is 1. The van der Waals surface area contributed by atoms with Gasteiger partial charge in [0.25, 0.3) is 0 Å². The molecule has 0 unspecified atom stereocenters. The van der Waals surface area contributed by atoms with Crippen molar-refractivity contribution in [1.29, 1.82) is 0 Å². The maximum atomic E-state index is 11.9. The van der Waals surface area contributed by atoms with Crippen molar-refractivity contribution in [1.82, 2.24) is 10.2 Å². The van der Waals surface area contributed by atoms with Gasteiger partial charge in [-0.15, -0.1) is 0 Å². The molecule has 4 heteroatoms.